The highest BCUT2D eigenvalue weighted by atomic mass is 79.9. The highest BCUT2D eigenvalue weighted by molar-refractivity contribution is 9.10. The number of aromatic nitrogens is 4. The molecular weight excluding hydrogens is 466 g/mol. The second kappa shape index (κ2) is 7.89. The van der Waals surface area contributed by atoms with E-state index in [1.54, 1.807) is 18.2 Å². The zero-order valence-corrected chi connectivity index (χ0v) is 18.6. The lowest BCUT2D eigenvalue weighted by atomic mass is 10.2. The van der Waals surface area contributed by atoms with Crippen molar-refractivity contribution < 1.29 is 14.3 Å². The van der Waals surface area contributed by atoms with Crippen LogP contribution in [-0.2, 0) is 11.3 Å². The van der Waals surface area contributed by atoms with Gasteiger partial charge in [0.1, 0.15) is 29.2 Å². The molecule has 2 aliphatic rings. The number of rotatable bonds is 4. The number of carbonyl (C=O) groups is 1. The van der Waals surface area contributed by atoms with E-state index in [0.29, 0.717) is 64.9 Å². The zero-order valence-electron chi connectivity index (χ0n) is 17.0. The van der Waals surface area contributed by atoms with Gasteiger partial charge in [0.15, 0.2) is 0 Å². The molecule has 1 amide bonds. The summed E-state index contributed by atoms with van der Waals surface area (Å²) in [4.78, 5) is 35.6. The number of carbonyl (C=O) groups excluding carboxylic acids is 1. The van der Waals surface area contributed by atoms with Gasteiger partial charge < -0.3 is 24.7 Å². The third-order valence-corrected chi connectivity index (χ3v) is 6.18. The van der Waals surface area contributed by atoms with Crippen LogP contribution < -0.4 is 10.1 Å². The van der Waals surface area contributed by atoms with Crippen LogP contribution >= 0.6 is 15.9 Å². The van der Waals surface area contributed by atoms with Crippen LogP contribution in [-0.4, -0.2) is 69.9 Å². The number of anilines is 2. The first-order valence-electron chi connectivity index (χ1n) is 9.82. The molecule has 3 aromatic rings. The summed E-state index contributed by atoms with van der Waals surface area (Å²) in [6.45, 7) is 4.09. The number of nitrogens with one attached hydrogen (secondary N) is 2. The minimum atomic E-state index is -0.111. The molecule has 31 heavy (non-hydrogen) atoms. The van der Waals surface area contributed by atoms with Crippen molar-refractivity contribution in [2.75, 3.05) is 32.2 Å². The van der Waals surface area contributed by atoms with Gasteiger partial charge in [0.05, 0.1) is 48.5 Å². The Balaban J connectivity index is 1.54. The smallest absolute Gasteiger partial charge is 0.271 e. The summed E-state index contributed by atoms with van der Waals surface area (Å²) in [5.41, 5.74) is 3.42. The molecule has 0 radical (unpaired) electrons. The van der Waals surface area contributed by atoms with Gasteiger partial charge in [0, 0.05) is 18.3 Å². The van der Waals surface area contributed by atoms with Gasteiger partial charge in [-0.1, -0.05) is 0 Å². The van der Waals surface area contributed by atoms with Crippen molar-refractivity contribution in [1.82, 2.24) is 24.8 Å². The van der Waals surface area contributed by atoms with Crippen LogP contribution in [0.25, 0.3) is 11.0 Å². The molecule has 0 saturated carbocycles. The van der Waals surface area contributed by atoms with Crippen LogP contribution in [0.2, 0.25) is 0 Å². The van der Waals surface area contributed by atoms with E-state index in [1.165, 1.54) is 6.33 Å². The average Bonchev–Trinajstić information content (AvgIpc) is 3.37. The second-order valence-corrected chi connectivity index (χ2v) is 8.15. The minimum Gasteiger partial charge on any atom is -0.480 e. The van der Waals surface area contributed by atoms with E-state index in [1.807, 2.05) is 13.0 Å². The van der Waals surface area contributed by atoms with Crippen LogP contribution in [0.4, 0.5) is 11.5 Å². The number of methoxy groups -OCH3 is 1. The van der Waals surface area contributed by atoms with E-state index in [0.717, 1.165) is 11.3 Å². The number of hydrogen-bond acceptors (Lipinski definition) is 8. The van der Waals surface area contributed by atoms with Crippen molar-refractivity contribution in [2.45, 2.75) is 19.5 Å². The summed E-state index contributed by atoms with van der Waals surface area (Å²) >= 11 is 3.59. The summed E-state index contributed by atoms with van der Waals surface area (Å²) in [5, 5.41) is 3.95. The van der Waals surface area contributed by atoms with Crippen LogP contribution in [0.3, 0.4) is 0 Å². The molecule has 2 aliphatic heterocycles. The maximum atomic E-state index is 13.2. The number of aliphatic imine (C=N–C) groups is 1. The number of fused-ring (bicyclic) bond motifs is 2. The highest BCUT2D eigenvalue weighted by Gasteiger charge is 2.29. The van der Waals surface area contributed by atoms with Gasteiger partial charge >= 0.3 is 0 Å². The molecule has 11 heteroatoms. The molecule has 1 saturated heterocycles. The summed E-state index contributed by atoms with van der Waals surface area (Å²) in [7, 11) is 1.57. The van der Waals surface area contributed by atoms with Crippen molar-refractivity contribution in [3.63, 3.8) is 0 Å². The Morgan fingerprint density at radius 2 is 2.29 bits per heavy atom. The van der Waals surface area contributed by atoms with Gasteiger partial charge in [-0.2, -0.15) is 0 Å². The average molecular weight is 486 g/mol. The zero-order chi connectivity index (χ0) is 21.5. The van der Waals surface area contributed by atoms with Crippen molar-refractivity contribution in [3.8, 4) is 5.88 Å². The summed E-state index contributed by atoms with van der Waals surface area (Å²) in [6, 6.07) is 1.92. The number of amides is 1. The Morgan fingerprint density at radius 3 is 3.10 bits per heavy atom. The third kappa shape index (κ3) is 3.43. The predicted octanol–water partition coefficient (Wildman–Crippen LogP) is 2.66. The number of morpholine rings is 1. The van der Waals surface area contributed by atoms with Crippen LogP contribution in [0.15, 0.2) is 21.9 Å². The first-order chi connectivity index (χ1) is 15.1. The highest BCUT2D eigenvalue weighted by Crippen LogP contribution is 2.36. The van der Waals surface area contributed by atoms with E-state index in [9.17, 15) is 4.79 Å². The number of aromatic amines is 1. The Hall–Kier alpha value is -3.05. The van der Waals surface area contributed by atoms with Crippen LogP contribution in [0, 0.1) is 0 Å². The molecule has 5 heterocycles. The molecule has 10 nitrogen and oxygen atoms in total. The number of H-pyrrole nitrogens is 1. The van der Waals surface area contributed by atoms with Crippen molar-refractivity contribution in [3.05, 3.63) is 33.8 Å². The SMILES string of the molecule is COc1nc2c(cc1Nc1ncnc3[nH]c(C(=O)N4CCOC[C@H]4C)c(Br)c13)C=NC2. The van der Waals surface area contributed by atoms with Gasteiger partial charge in [-0.25, -0.2) is 15.0 Å². The van der Waals surface area contributed by atoms with E-state index < -0.39 is 0 Å². The van der Waals surface area contributed by atoms with Crippen molar-refractivity contribution in [2.24, 2.45) is 4.99 Å². The molecule has 2 N–H and O–H groups in total. The molecule has 0 aromatic carbocycles. The maximum absolute atomic E-state index is 13.2. The van der Waals surface area contributed by atoms with E-state index in [2.05, 4.69) is 46.2 Å². The Labute approximate surface area is 186 Å². The largest absolute Gasteiger partial charge is 0.480 e. The lowest BCUT2D eigenvalue weighted by Crippen LogP contribution is -2.47. The van der Waals surface area contributed by atoms with E-state index >= 15 is 0 Å². The number of halogens is 1. The Kier molecular flexibility index (Phi) is 5.06. The minimum absolute atomic E-state index is 0.00773. The monoisotopic (exact) mass is 485 g/mol. The van der Waals surface area contributed by atoms with Crippen LogP contribution in [0.1, 0.15) is 28.7 Å². The van der Waals surface area contributed by atoms with Gasteiger partial charge in [-0.05, 0) is 28.9 Å². The maximum Gasteiger partial charge on any atom is 0.271 e. The van der Waals surface area contributed by atoms with Gasteiger partial charge in [-0.3, -0.25) is 9.79 Å². The number of pyridine rings is 1. The lowest BCUT2D eigenvalue weighted by molar-refractivity contribution is 0.00327. The van der Waals surface area contributed by atoms with Gasteiger partial charge in [0.25, 0.3) is 5.91 Å². The molecule has 0 spiro atoms. The molecular formula is C20H20BrN7O3. The van der Waals surface area contributed by atoms with E-state index in [4.69, 9.17) is 9.47 Å². The molecule has 1 fully saturated rings. The molecule has 0 aliphatic carbocycles. The fourth-order valence-electron chi connectivity index (χ4n) is 3.79. The topological polar surface area (TPSA) is 118 Å². The van der Waals surface area contributed by atoms with Gasteiger partial charge in [0.2, 0.25) is 5.88 Å². The molecule has 0 bridgehead atoms. The number of ether oxygens (including phenoxy) is 2. The van der Waals surface area contributed by atoms with Crippen molar-refractivity contribution >= 4 is 50.6 Å². The number of nitrogens with zero attached hydrogens (tertiary/aromatic N) is 5. The molecule has 1 atom stereocenters. The molecule has 3 aromatic heterocycles. The molecule has 160 valence electrons. The summed E-state index contributed by atoms with van der Waals surface area (Å²) in [6.07, 6.45) is 3.23. The number of hydrogen-bond donors (Lipinski definition) is 2. The lowest BCUT2D eigenvalue weighted by Gasteiger charge is -2.33. The molecule has 5 rings (SSSR count). The fourth-order valence-corrected chi connectivity index (χ4v) is 4.43. The third-order valence-electron chi connectivity index (χ3n) is 5.39. The van der Waals surface area contributed by atoms with Gasteiger partial charge in [-0.15, -0.1) is 0 Å². The quantitative estimate of drug-likeness (QED) is 0.582. The second-order valence-electron chi connectivity index (χ2n) is 7.36. The summed E-state index contributed by atoms with van der Waals surface area (Å²) in [5.74, 6) is 0.859. The Morgan fingerprint density at radius 1 is 1.42 bits per heavy atom. The first-order valence-corrected chi connectivity index (χ1v) is 10.6. The summed E-state index contributed by atoms with van der Waals surface area (Å²) < 4.78 is 11.5. The van der Waals surface area contributed by atoms with Crippen molar-refractivity contribution in [1.29, 1.82) is 0 Å². The Bertz CT molecular complexity index is 1210. The first kappa shape index (κ1) is 19.9. The molecule has 0 unspecified atom stereocenters. The van der Waals surface area contributed by atoms with E-state index in [-0.39, 0.29) is 11.9 Å². The predicted molar refractivity (Wildman–Crippen MR) is 118 cm³/mol. The van der Waals surface area contributed by atoms with Crippen LogP contribution in [0.5, 0.6) is 5.88 Å². The standard InChI is InChI=1S/C20H20BrN7O3/c1-10-8-31-4-3-28(10)20(29)16-15(21)14-17(23-9-24-18(14)27-16)25-12-5-11-6-22-7-13(11)26-19(12)30-2/h5-6,9-10H,3-4,7-8H2,1-2H3,(H2,23,24,25,27)/t10-/m1/s1. The normalized spacial score (nSPS) is 17.8. The fraction of sp³-hybridized carbons (Fsp3) is 0.350.